The van der Waals surface area contributed by atoms with Gasteiger partial charge in [0.1, 0.15) is 12.4 Å². The molecule has 0 aromatic heterocycles. The van der Waals surface area contributed by atoms with Crippen molar-refractivity contribution in [2.45, 2.75) is 39.2 Å². The topological polar surface area (TPSA) is 57.6 Å². The van der Waals surface area contributed by atoms with Crippen molar-refractivity contribution < 1.29 is 19.1 Å². The van der Waals surface area contributed by atoms with E-state index in [2.05, 4.69) is 0 Å². The second-order valence-electron chi connectivity index (χ2n) is 5.14. The van der Waals surface area contributed by atoms with Gasteiger partial charge < -0.3 is 10.0 Å². The van der Waals surface area contributed by atoms with Crippen LogP contribution in [0.3, 0.4) is 0 Å². The zero-order valence-corrected chi connectivity index (χ0v) is 12.0. The van der Waals surface area contributed by atoms with Crippen LogP contribution in [0.15, 0.2) is 24.3 Å². The first kappa shape index (κ1) is 16.1. The summed E-state index contributed by atoms with van der Waals surface area (Å²) in [5, 5.41) is 8.82. The van der Waals surface area contributed by atoms with E-state index in [9.17, 15) is 14.0 Å². The number of halogens is 1. The minimum Gasteiger partial charge on any atom is -0.480 e. The number of hydrogen-bond donors (Lipinski definition) is 1. The predicted octanol–water partition coefficient (Wildman–Crippen LogP) is 2.64. The van der Waals surface area contributed by atoms with Gasteiger partial charge in [-0.2, -0.15) is 0 Å². The number of nitrogens with zero attached hydrogens (tertiary/aromatic N) is 1. The summed E-state index contributed by atoms with van der Waals surface area (Å²) in [7, 11) is 0. The fourth-order valence-electron chi connectivity index (χ4n) is 2.07. The van der Waals surface area contributed by atoms with Crippen molar-refractivity contribution in [1.82, 2.24) is 4.90 Å². The van der Waals surface area contributed by atoms with Crippen molar-refractivity contribution in [3.63, 3.8) is 0 Å². The molecular weight excluding hydrogens is 261 g/mol. The number of benzene rings is 1. The highest BCUT2D eigenvalue weighted by molar-refractivity contribution is 5.82. The van der Waals surface area contributed by atoms with Crippen molar-refractivity contribution in [2.75, 3.05) is 6.54 Å². The summed E-state index contributed by atoms with van der Waals surface area (Å²) in [5.74, 6) is -1.97. The SMILES string of the molecule is CC(CC(=O)N(CC(=O)O)C(C)C)c1ccccc1F. The fourth-order valence-corrected chi connectivity index (χ4v) is 2.07. The van der Waals surface area contributed by atoms with Crippen LogP contribution in [-0.4, -0.2) is 34.5 Å². The van der Waals surface area contributed by atoms with E-state index in [1.807, 2.05) is 0 Å². The Morgan fingerprint density at radius 1 is 1.25 bits per heavy atom. The molecule has 0 spiro atoms. The third-order valence-electron chi connectivity index (χ3n) is 3.17. The molecule has 0 bridgehead atoms. The molecule has 0 heterocycles. The van der Waals surface area contributed by atoms with E-state index < -0.39 is 5.97 Å². The highest BCUT2D eigenvalue weighted by atomic mass is 19.1. The molecule has 5 heteroatoms. The highest BCUT2D eigenvalue weighted by Crippen LogP contribution is 2.23. The Labute approximate surface area is 118 Å². The maximum absolute atomic E-state index is 13.6. The van der Waals surface area contributed by atoms with Gasteiger partial charge in [0.05, 0.1) is 0 Å². The summed E-state index contributed by atoms with van der Waals surface area (Å²) >= 11 is 0. The standard InChI is InChI=1S/C15H20FNO3/c1-10(2)17(9-15(19)20)14(18)8-11(3)12-6-4-5-7-13(12)16/h4-7,10-11H,8-9H2,1-3H3,(H,19,20). The molecule has 1 rings (SSSR count). The Morgan fingerprint density at radius 3 is 2.35 bits per heavy atom. The third kappa shape index (κ3) is 4.33. The van der Waals surface area contributed by atoms with Crippen molar-refractivity contribution >= 4 is 11.9 Å². The number of carboxylic acids is 1. The number of amides is 1. The molecule has 0 aliphatic rings. The van der Waals surface area contributed by atoms with E-state index in [4.69, 9.17) is 5.11 Å². The second-order valence-corrected chi connectivity index (χ2v) is 5.14. The van der Waals surface area contributed by atoms with Gasteiger partial charge in [0, 0.05) is 12.5 Å². The molecule has 0 saturated heterocycles. The zero-order valence-electron chi connectivity index (χ0n) is 12.0. The number of aliphatic carboxylic acids is 1. The average molecular weight is 281 g/mol. The molecule has 1 aromatic rings. The van der Waals surface area contributed by atoms with E-state index in [0.29, 0.717) is 5.56 Å². The van der Waals surface area contributed by atoms with Crippen molar-refractivity contribution in [3.8, 4) is 0 Å². The lowest BCUT2D eigenvalue weighted by molar-refractivity contribution is -0.145. The molecule has 0 aliphatic carbocycles. The molecule has 1 atom stereocenters. The summed E-state index contributed by atoms with van der Waals surface area (Å²) in [4.78, 5) is 24.2. The maximum Gasteiger partial charge on any atom is 0.323 e. The fraction of sp³-hybridized carbons (Fsp3) is 0.467. The van der Waals surface area contributed by atoms with Crippen LogP contribution in [0.5, 0.6) is 0 Å². The first-order chi connectivity index (χ1) is 9.32. The molecule has 20 heavy (non-hydrogen) atoms. The lowest BCUT2D eigenvalue weighted by Crippen LogP contribution is -2.41. The summed E-state index contributed by atoms with van der Waals surface area (Å²) in [5.41, 5.74) is 0.472. The molecule has 1 amide bonds. The molecule has 0 fully saturated rings. The number of carbonyl (C=O) groups excluding carboxylic acids is 1. The smallest absolute Gasteiger partial charge is 0.323 e. The minimum absolute atomic E-state index is 0.0897. The van der Waals surface area contributed by atoms with Crippen LogP contribution in [0.2, 0.25) is 0 Å². The average Bonchev–Trinajstić information content (AvgIpc) is 2.35. The van der Waals surface area contributed by atoms with Gasteiger partial charge in [-0.15, -0.1) is 0 Å². The van der Waals surface area contributed by atoms with Gasteiger partial charge in [0.15, 0.2) is 0 Å². The Morgan fingerprint density at radius 2 is 1.85 bits per heavy atom. The van der Waals surface area contributed by atoms with E-state index in [1.165, 1.54) is 11.0 Å². The van der Waals surface area contributed by atoms with E-state index in [0.717, 1.165) is 0 Å². The van der Waals surface area contributed by atoms with E-state index in [1.54, 1.807) is 39.0 Å². The summed E-state index contributed by atoms with van der Waals surface area (Å²) in [6.07, 6.45) is 0.0897. The Balaban J connectivity index is 2.78. The normalized spacial score (nSPS) is 12.2. The van der Waals surface area contributed by atoms with Crippen molar-refractivity contribution in [1.29, 1.82) is 0 Å². The van der Waals surface area contributed by atoms with Gasteiger partial charge in [0.2, 0.25) is 5.91 Å². The highest BCUT2D eigenvalue weighted by Gasteiger charge is 2.23. The molecule has 1 N–H and O–H groups in total. The molecule has 1 aromatic carbocycles. The lowest BCUT2D eigenvalue weighted by Gasteiger charge is -2.26. The van der Waals surface area contributed by atoms with Crippen LogP contribution in [0.1, 0.15) is 38.7 Å². The molecule has 0 radical (unpaired) electrons. The van der Waals surface area contributed by atoms with Crippen LogP contribution in [0, 0.1) is 5.82 Å². The van der Waals surface area contributed by atoms with Crippen LogP contribution < -0.4 is 0 Å². The molecular formula is C15H20FNO3. The van der Waals surface area contributed by atoms with Crippen molar-refractivity contribution in [2.24, 2.45) is 0 Å². The molecule has 110 valence electrons. The van der Waals surface area contributed by atoms with E-state index >= 15 is 0 Å². The molecule has 4 nitrogen and oxygen atoms in total. The third-order valence-corrected chi connectivity index (χ3v) is 3.17. The van der Waals surface area contributed by atoms with Crippen LogP contribution in [0.4, 0.5) is 4.39 Å². The van der Waals surface area contributed by atoms with Gasteiger partial charge in [-0.1, -0.05) is 25.1 Å². The minimum atomic E-state index is -1.05. The zero-order chi connectivity index (χ0) is 15.3. The predicted molar refractivity (Wildman–Crippen MR) is 73.9 cm³/mol. The Hall–Kier alpha value is -1.91. The van der Waals surface area contributed by atoms with E-state index in [-0.39, 0.29) is 36.6 Å². The first-order valence-corrected chi connectivity index (χ1v) is 6.58. The number of carbonyl (C=O) groups is 2. The quantitative estimate of drug-likeness (QED) is 0.872. The summed E-state index contributed by atoms with van der Waals surface area (Å²) in [6, 6.07) is 6.11. The van der Waals surface area contributed by atoms with Crippen LogP contribution >= 0.6 is 0 Å². The summed E-state index contributed by atoms with van der Waals surface area (Å²) in [6.45, 7) is 4.94. The molecule has 1 unspecified atom stereocenters. The Kier molecular flexibility index (Phi) is 5.67. The number of carboxylic acid groups (broad SMARTS) is 1. The van der Waals surface area contributed by atoms with Gasteiger partial charge in [0.25, 0.3) is 0 Å². The lowest BCUT2D eigenvalue weighted by atomic mass is 9.96. The van der Waals surface area contributed by atoms with Gasteiger partial charge in [-0.3, -0.25) is 9.59 Å². The van der Waals surface area contributed by atoms with Crippen LogP contribution in [-0.2, 0) is 9.59 Å². The molecule has 0 aliphatic heterocycles. The number of rotatable bonds is 6. The van der Waals surface area contributed by atoms with Gasteiger partial charge in [-0.05, 0) is 31.4 Å². The van der Waals surface area contributed by atoms with Gasteiger partial charge in [-0.25, -0.2) is 4.39 Å². The Bertz CT molecular complexity index is 488. The summed E-state index contributed by atoms with van der Waals surface area (Å²) < 4.78 is 13.6. The monoisotopic (exact) mass is 281 g/mol. The van der Waals surface area contributed by atoms with Crippen molar-refractivity contribution in [3.05, 3.63) is 35.6 Å². The number of hydrogen-bond acceptors (Lipinski definition) is 2. The second kappa shape index (κ2) is 7.03. The largest absolute Gasteiger partial charge is 0.480 e. The van der Waals surface area contributed by atoms with Gasteiger partial charge >= 0.3 is 5.97 Å². The maximum atomic E-state index is 13.6. The van der Waals surface area contributed by atoms with Crippen LogP contribution in [0.25, 0.3) is 0 Å². The first-order valence-electron chi connectivity index (χ1n) is 6.58. The molecule has 0 saturated carbocycles.